The molecule has 0 aliphatic heterocycles. The third kappa shape index (κ3) is 5.64. The van der Waals surface area contributed by atoms with Gasteiger partial charge in [0.05, 0.1) is 6.61 Å². The Balaban J connectivity index is 3.89. The Morgan fingerprint density at radius 1 is 1.38 bits per heavy atom. The Morgan fingerprint density at radius 3 is 2.15 bits per heavy atom. The molecule has 0 aliphatic rings. The number of hydrogen-bond acceptors (Lipinski definition) is 3. The van der Waals surface area contributed by atoms with E-state index in [1.54, 1.807) is 0 Å². The number of esters is 1. The second kappa shape index (κ2) is 4.61. The molecule has 0 aromatic heterocycles. The summed E-state index contributed by atoms with van der Waals surface area (Å²) in [6, 6.07) is -0.498. The monoisotopic (exact) mass is 187 g/mol. The normalized spacial score (nSPS) is 14.4. The van der Waals surface area contributed by atoms with Crippen molar-refractivity contribution in [2.45, 2.75) is 40.7 Å². The average Bonchev–Trinajstić information content (AvgIpc) is 1.97. The molecular formula is C10H21NO2. The van der Waals surface area contributed by atoms with Gasteiger partial charge in [-0.3, -0.25) is 4.79 Å². The summed E-state index contributed by atoms with van der Waals surface area (Å²) in [5.41, 5.74) is 5.62. The number of hydrogen-bond donors (Lipinski definition) is 1. The zero-order valence-corrected chi connectivity index (χ0v) is 9.26. The van der Waals surface area contributed by atoms with Crippen LogP contribution >= 0.6 is 0 Å². The molecule has 0 aromatic carbocycles. The largest absolute Gasteiger partial charge is 0.464 e. The number of carbonyl (C=O) groups is 1. The zero-order valence-electron chi connectivity index (χ0n) is 9.26. The van der Waals surface area contributed by atoms with Crippen molar-refractivity contribution in [2.24, 2.45) is 17.1 Å². The molecule has 2 N–H and O–H groups in total. The molecule has 1 atom stereocenters. The summed E-state index contributed by atoms with van der Waals surface area (Å²) in [6.45, 7) is 10.3. The van der Waals surface area contributed by atoms with E-state index >= 15 is 0 Å². The lowest BCUT2D eigenvalue weighted by Crippen LogP contribution is -2.38. The summed E-state index contributed by atoms with van der Waals surface area (Å²) in [5.74, 6) is -0.169. The van der Waals surface area contributed by atoms with Crippen molar-refractivity contribution in [3.8, 4) is 0 Å². The highest BCUT2D eigenvalue weighted by molar-refractivity contribution is 5.75. The highest BCUT2D eigenvalue weighted by Crippen LogP contribution is 2.13. The number of nitrogens with two attached hydrogens (primary N) is 1. The zero-order chi connectivity index (χ0) is 10.6. The van der Waals surface area contributed by atoms with Crippen molar-refractivity contribution in [1.29, 1.82) is 0 Å². The molecule has 0 aromatic rings. The lowest BCUT2D eigenvalue weighted by molar-refractivity contribution is -0.149. The molecule has 0 saturated heterocycles. The maximum atomic E-state index is 11.3. The van der Waals surface area contributed by atoms with Gasteiger partial charge in [-0.05, 0) is 11.3 Å². The third-order valence-electron chi connectivity index (χ3n) is 1.64. The number of carbonyl (C=O) groups excluding carboxylic acids is 1. The van der Waals surface area contributed by atoms with Gasteiger partial charge in [-0.15, -0.1) is 0 Å². The van der Waals surface area contributed by atoms with E-state index in [-0.39, 0.29) is 17.3 Å². The van der Waals surface area contributed by atoms with Crippen molar-refractivity contribution >= 4 is 5.97 Å². The van der Waals surface area contributed by atoms with Crippen LogP contribution in [0, 0.1) is 11.3 Å². The van der Waals surface area contributed by atoms with Crippen LogP contribution in [0.15, 0.2) is 0 Å². The standard InChI is InChI=1S/C10H21NO2/c1-7(2)8(11)9(12)13-6-10(3,4)5/h7-8H,6,11H2,1-5H3. The fourth-order valence-electron chi connectivity index (χ4n) is 0.656. The Bertz CT molecular complexity index is 170. The predicted octanol–water partition coefficient (Wildman–Crippen LogP) is 1.56. The van der Waals surface area contributed by atoms with Crippen molar-refractivity contribution in [1.82, 2.24) is 0 Å². The minimum absolute atomic E-state index is 0.00631. The Hall–Kier alpha value is -0.570. The predicted molar refractivity (Wildman–Crippen MR) is 53.2 cm³/mol. The molecule has 3 nitrogen and oxygen atoms in total. The first-order valence-corrected chi connectivity index (χ1v) is 4.66. The molecule has 3 heteroatoms. The van der Waals surface area contributed by atoms with Gasteiger partial charge in [0.1, 0.15) is 6.04 Å². The lowest BCUT2D eigenvalue weighted by atomic mass is 9.98. The van der Waals surface area contributed by atoms with E-state index in [1.165, 1.54) is 0 Å². The topological polar surface area (TPSA) is 52.3 Å². The summed E-state index contributed by atoms with van der Waals surface area (Å²) in [5, 5.41) is 0. The first-order valence-electron chi connectivity index (χ1n) is 4.66. The minimum atomic E-state index is -0.498. The molecular weight excluding hydrogens is 166 g/mol. The Morgan fingerprint density at radius 2 is 1.85 bits per heavy atom. The fourth-order valence-corrected chi connectivity index (χ4v) is 0.656. The van der Waals surface area contributed by atoms with E-state index in [0.717, 1.165) is 0 Å². The molecule has 0 aliphatic carbocycles. The van der Waals surface area contributed by atoms with Crippen molar-refractivity contribution in [3.05, 3.63) is 0 Å². The van der Waals surface area contributed by atoms with Gasteiger partial charge < -0.3 is 10.5 Å². The molecule has 13 heavy (non-hydrogen) atoms. The van der Waals surface area contributed by atoms with Crippen LogP contribution in [0.1, 0.15) is 34.6 Å². The number of ether oxygens (including phenoxy) is 1. The highest BCUT2D eigenvalue weighted by Gasteiger charge is 2.21. The lowest BCUT2D eigenvalue weighted by Gasteiger charge is -2.20. The SMILES string of the molecule is CC(C)C(N)C(=O)OCC(C)(C)C. The van der Waals surface area contributed by atoms with E-state index in [9.17, 15) is 4.79 Å². The van der Waals surface area contributed by atoms with Crippen molar-refractivity contribution in [3.63, 3.8) is 0 Å². The van der Waals surface area contributed by atoms with Crippen LogP contribution in [0.5, 0.6) is 0 Å². The third-order valence-corrected chi connectivity index (χ3v) is 1.64. The summed E-state index contributed by atoms with van der Waals surface area (Å²) in [4.78, 5) is 11.3. The highest BCUT2D eigenvalue weighted by atomic mass is 16.5. The second-order valence-corrected chi connectivity index (χ2v) is 4.94. The van der Waals surface area contributed by atoms with Crippen molar-refractivity contribution < 1.29 is 9.53 Å². The molecule has 1 unspecified atom stereocenters. The van der Waals surface area contributed by atoms with Gasteiger partial charge in [0.15, 0.2) is 0 Å². The van der Waals surface area contributed by atoms with E-state index in [2.05, 4.69) is 0 Å². The van der Waals surface area contributed by atoms with Gasteiger partial charge in [0.25, 0.3) is 0 Å². The second-order valence-electron chi connectivity index (χ2n) is 4.94. The fraction of sp³-hybridized carbons (Fsp3) is 0.900. The minimum Gasteiger partial charge on any atom is -0.464 e. The smallest absolute Gasteiger partial charge is 0.323 e. The van der Waals surface area contributed by atoms with Crippen LogP contribution in [0.3, 0.4) is 0 Å². The molecule has 0 spiro atoms. The molecule has 0 bridgehead atoms. The molecule has 0 heterocycles. The van der Waals surface area contributed by atoms with Gasteiger partial charge in [-0.1, -0.05) is 34.6 Å². The molecule has 0 radical (unpaired) electrons. The van der Waals surface area contributed by atoms with Crippen LogP contribution in [0.4, 0.5) is 0 Å². The maximum absolute atomic E-state index is 11.3. The quantitative estimate of drug-likeness (QED) is 0.682. The van der Waals surface area contributed by atoms with Gasteiger partial charge in [-0.2, -0.15) is 0 Å². The Kier molecular flexibility index (Phi) is 4.40. The van der Waals surface area contributed by atoms with E-state index in [1.807, 2.05) is 34.6 Å². The molecule has 0 saturated carbocycles. The molecule has 0 fully saturated rings. The summed E-state index contributed by atoms with van der Waals surface area (Å²) in [7, 11) is 0. The average molecular weight is 187 g/mol. The van der Waals surface area contributed by atoms with E-state index < -0.39 is 6.04 Å². The van der Waals surface area contributed by atoms with Crippen LogP contribution in [-0.4, -0.2) is 18.6 Å². The van der Waals surface area contributed by atoms with E-state index in [4.69, 9.17) is 10.5 Å². The first kappa shape index (κ1) is 12.4. The number of rotatable bonds is 3. The molecule has 0 amide bonds. The molecule has 0 rings (SSSR count). The van der Waals surface area contributed by atoms with Gasteiger partial charge >= 0.3 is 5.97 Å². The molecule has 78 valence electrons. The summed E-state index contributed by atoms with van der Waals surface area (Å²) < 4.78 is 5.07. The van der Waals surface area contributed by atoms with Gasteiger partial charge in [0, 0.05) is 0 Å². The summed E-state index contributed by atoms with van der Waals surface area (Å²) in [6.07, 6.45) is 0. The Labute approximate surface area is 80.6 Å². The first-order chi connectivity index (χ1) is 5.74. The van der Waals surface area contributed by atoms with Gasteiger partial charge in [0.2, 0.25) is 0 Å². The van der Waals surface area contributed by atoms with Crippen LogP contribution in [0.25, 0.3) is 0 Å². The summed E-state index contributed by atoms with van der Waals surface area (Å²) >= 11 is 0. The van der Waals surface area contributed by atoms with Crippen LogP contribution in [0.2, 0.25) is 0 Å². The van der Waals surface area contributed by atoms with Crippen molar-refractivity contribution in [2.75, 3.05) is 6.61 Å². The van der Waals surface area contributed by atoms with Crippen LogP contribution < -0.4 is 5.73 Å². The van der Waals surface area contributed by atoms with Crippen LogP contribution in [-0.2, 0) is 9.53 Å². The van der Waals surface area contributed by atoms with E-state index in [0.29, 0.717) is 6.61 Å². The van der Waals surface area contributed by atoms with Gasteiger partial charge in [-0.25, -0.2) is 0 Å². The maximum Gasteiger partial charge on any atom is 0.323 e.